The molecule has 0 amide bonds. The molecule has 1 aliphatic rings. The van der Waals surface area contributed by atoms with Crippen LogP contribution in [0.5, 0.6) is 0 Å². The summed E-state index contributed by atoms with van der Waals surface area (Å²) in [5.41, 5.74) is 8.41. The molecule has 112 valence electrons. The van der Waals surface area contributed by atoms with Crippen molar-refractivity contribution in [3.63, 3.8) is 0 Å². The summed E-state index contributed by atoms with van der Waals surface area (Å²) in [7, 11) is 4.15. The van der Waals surface area contributed by atoms with Gasteiger partial charge in [0.15, 0.2) is 0 Å². The summed E-state index contributed by atoms with van der Waals surface area (Å²) in [4.78, 5) is 4.49. The predicted molar refractivity (Wildman–Crippen MR) is 84.0 cm³/mol. The Morgan fingerprint density at radius 1 is 1.35 bits per heavy atom. The molecule has 0 radical (unpaired) electrons. The average molecular weight is 277 g/mol. The van der Waals surface area contributed by atoms with Crippen molar-refractivity contribution in [2.45, 2.75) is 38.0 Å². The first-order chi connectivity index (χ1) is 9.51. The molecular formula is C16H27N3O. The fourth-order valence-corrected chi connectivity index (χ4v) is 2.95. The van der Waals surface area contributed by atoms with Crippen LogP contribution in [-0.2, 0) is 0 Å². The van der Waals surface area contributed by atoms with Crippen LogP contribution in [0.15, 0.2) is 24.3 Å². The van der Waals surface area contributed by atoms with Gasteiger partial charge in [0.2, 0.25) is 0 Å². The number of hydrogen-bond acceptors (Lipinski definition) is 4. The summed E-state index contributed by atoms with van der Waals surface area (Å²) >= 11 is 0. The molecule has 1 saturated heterocycles. The molecule has 2 unspecified atom stereocenters. The lowest BCUT2D eigenvalue weighted by Crippen LogP contribution is -2.37. The summed E-state index contributed by atoms with van der Waals surface area (Å²) < 4.78 is 0. The third kappa shape index (κ3) is 3.51. The van der Waals surface area contributed by atoms with Gasteiger partial charge in [0.25, 0.3) is 0 Å². The van der Waals surface area contributed by atoms with Gasteiger partial charge in [0.05, 0.1) is 6.10 Å². The molecule has 0 saturated carbocycles. The van der Waals surface area contributed by atoms with E-state index in [1.165, 1.54) is 11.3 Å². The van der Waals surface area contributed by atoms with Crippen molar-refractivity contribution in [2.24, 2.45) is 5.73 Å². The van der Waals surface area contributed by atoms with Gasteiger partial charge in [-0.15, -0.1) is 0 Å². The van der Waals surface area contributed by atoms with E-state index in [4.69, 9.17) is 5.73 Å². The molecule has 4 heteroatoms. The minimum Gasteiger partial charge on any atom is -0.391 e. The zero-order valence-corrected chi connectivity index (χ0v) is 12.8. The second-order valence-corrected chi connectivity index (χ2v) is 6.06. The van der Waals surface area contributed by atoms with Crippen LogP contribution < -0.4 is 10.6 Å². The van der Waals surface area contributed by atoms with Crippen molar-refractivity contribution in [1.82, 2.24) is 4.90 Å². The van der Waals surface area contributed by atoms with Crippen molar-refractivity contribution >= 4 is 5.69 Å². The van der Waals surface area contributed by atoms with Crippen molar-refractivity contribution in [1.29, 1.82) is 0 Å². The van der Waals surface area contributed by atoms with Crippen LogP contribution in [0.2, 0.25) is 0 Å². The summed E-state index contributed by atoms with van der Waals surface area (Å²) in [6, 6.07) is 8.98. The van der Waals surface area contributed by atoms with Crippen LogP contribution in [0.25, 0.3) is 0 Å². The predicted octanol–water partition coefficient (Wildman–Crippen LogP) is 1.60. The van der Waals surface area contributed by atoms with Gasteiger partial charge in [-0.3, -0.25) is 0 Å². The Hall–Kier alpha value is -1.10. The molecule has 1 aliphatic heterocycles. The molecule has 20 heavy (non-hydrogen) atoms. The van der Waals surface area contributed by atoms with E-state index in [2.05, 4.69) is 55.1 Å². The summed E-state index contributed by atoms with van der Waals surface area (Å²) in [6.45, 7) is 3.79. The molecular weight excluding hydrogens is 250 g/mol. The van der Waals surface area contributed by atoms with Crippen LogP contribution in [-0.4, -0.2) is 49.3 Å². The number of nitrogens with two attached hydrogens (primary N) is 1. The summed E-state index contributed by atoms with van der Waals surface area (Å²) in [5.74, 6) is 0. The van der Waals surface area contributed by atoms with E-state index in [-0.39, 0.29) is 12.1 Å². The monoisotopic (exact) mass is 277 g/mol. The number of benzene rings is 1. The van der Waals surface area contributed by atoms with Crippen LogP contribution in [0.4, 0.5) is 5.69 Å². The van der Waals surface area contributed by atoms with Crippen LogP contribution in [0.1, 0.15) is 31.4 Å². The first-order valence-electron chi connectivity index (χ1n) is 7.46. The number of hydrogen-bond donors (Lipinski definition) is 2. The molecule has 0 bridgehead atoms. The van der Waals surface area contributed by atoms with Crippen molar-refractivity contribution in [3.05, 3.63) is 29.8 Å². The standard InChI is InChI=1S/C16H27N3O/c1-4-16(17)12-5-7-13(8-6-12)19-11-15(20)9-14(19)10-18(2)3/h5-8,14-16,20H,4,9-11,17H2,1-3H3/t14?,15?,16-/m0/s1. The van der Waals surface area contributed by atoms with E-state index in [1.807, 2.05) is 0 Å². The van der Waals surface area contributed by atoms with Gasteiger partial charge in [0, 0.05) is 30.9 Å². The normalized spacial score (nSPS) is 24.4. The fourth-order valence-electron chi connectivity index (χ4n) is 2.95. The topological polar surface area (TPSA) is 52.7 Å². The van der Waals surface area contributed by atoms with Crippen LogP contribution in [0.3, 0.4) is 0 Å². The minimum absolute atomic E-state index is 0.116. The average Bonchev–Trinajstić information content (AvgIpc) is 2.78. The maximum atomic E-state index is 9.94. The van der Waals surface area contributed by atoms with E-state index >= 15 is 0 Å². The fraction of sp³-hybridized carbons (Fsp3) is 0.625. The molecule has 0 aromatic heterocycles. The van der Waals surface area contributed by atoms with Crippen LogP contribution in [0, 0.1) is 0 Å². The number of rotatable bonds is 5. The highest BCUT2D eigenvalue weighted by Gasteiger charge is 2.31. The first kappa shape index (κ1) is 15.3. The Kier molecular flexibility index (Phi) is 5.02. The second kappa shape index (κ2) is 6.57. The van der Waals surface area contributed by atoms with Crippen molar-refractivity contribution in [2.75, 3.05) is 32.1 Å². The van der Waals surface area contributed by atoms with Gasteiger partial charge in [0.1, 0.15) is 0 Å². The molecule has 0 aliphatic carbocycles. The van der Waals surface area contributed by atoms with Gasteiger partial charge in [-0.05, 0) is 44.6 Å². The number of likely N-dealkylation sites (N-methyl/N-ethyl adjacent to an activating group) is 1. The first-order valence-corrected chi connectivity index (χ1v) is 7.46. The van der Waals surface area contributed by atoms with Crippen LogP contribution >= 0.6 is 0 Å². The minimum atomic E-state index is -0.225. The van der Waals surface area contributed by atoms with Gasteiger partial charge in [-0.1, -0.05) is 19.1 Å². The molecule has 1 heterocycles. The lowest BCUT2D eigenvalue weighted by atomic mass is 10.0. The number of β-amino-alcohol motifs (C(OH)–C–C–N with tert-alkyl or cyclic N) is 1. The Labute approximate surface area is 122 Å². The molecule has 3 N–H and O–H groups in total. The largest absolute Gasteiger partial charge is 0.391 e. The number of nitrogens with zero attached hydrogens (tertiary/aromatic N) is 2. The van der Waals surface area contributed by atoms with E-state index in [1.54, 1.807) is 0 Å². The molecule has 0 spiro atoms. The third-order valence-electron chi connectivity index (χ3n) is 4.06. The van der Waals surface area contributed by atoms with Gasteiger partial charge in [-0.25, -0.2) is 0 Å². The molecule has 1 fully saturated rings. The zero-order valence-electron chi connectivity index (χ0n) is 12.8. The molecule has 2 rings (SSSR count). The third-order valence-corrected chi connectivity index (χ3v) is 4.06. The lowest BCUT2D eigenvalue weighted by molar-refractivity contribution is 0.191. The molecule has 1 aromatic rings. The van der Waals surface area contributed by atoms with E-state index in [9.17, 15) is 5.11 Å². The highest BCUT2D eigenvalue weighted by Crippen LogP contribution is 2.27. The Morgan fingerprint density at radius 2 is 2.00 bits per heavy atom. The second-order valence-electron chi connectivity index (χ2n) is 6.06. The van der Waals surface area contributed by atoms with Gasteiger partial charge >= 0.3 is 0 Å². The highest BCUT2D eigenvalue weighted by atomic mass is 16.3. The Bertz CT molecular complexity index is 418. The number of aliphatic hydroxyl groups is 1. The van der Waals surface area contributed by atoms with Crippen molar-refractivity contribution in [3.8, 4) is 0 Å². The smallest absolute Gasteiger partial charge is 0.0735 e. The zero-order chi connectivity index (χ0) is 14.7. The van der Waals surface area contributed by atoms with E-state index < -0.39 is 0 Å². The lowest BCUT2D eigenvalue weighted by Gasteiger charge is -2.29. The van der Waals surface area contributed by atoms with E-state index in [0.29, 0.717) is 6.04 Å². The Balaban J connectivity index is 2.12. The summed E-state index contributed by atoms with van der Waals surface area (Å²) in [6.07, 6.45) is 1.57. The van der Waals surface area contributed by atoms with Gasteiger partial charge in [-0.2, -0.15) is 0 Å². The summed E-state index contributed by atoms with van der Waals surface area (Å²) in [5, 5.41) is 9.94. The molecule has 1 aromatic carbocycles. The molecule has 3 atom stereocenters. The quantitative estimate of drug-likeness (QED) is 0.858. The molecule has 4 nitrogen and oxygen atoms in total. The van der Waals surface area contributed by atoms with E-state index in [0.717, 1.165) is 25.9 Å². The van der Waals surface area contributed by atoms with Crippen molar-refractivity contribution < 1.29 is 5.11 Å². The number of anilines is 1. The van der Waals surface area contributed by atoms with Gasteiger partial charge < -0.3 is 20.6 Å². The highest BCUT2D eigenvalue weighted by molar-refractivity contribution is 5.50. The maximum Gasteiger partial charge on any atom is 0.0735 e. The Morgan fingerprint density at radius 3 is 2.55 bits per heavy atom. The number of aliphatic hydroxyl groups excluding tert-OH is 1. The SMILES string of the molecule is CC[C@H](N)c1ccc(N2CC(O)CC2CN(C)C)cc1. The maximum absolute atomic E-state index is 9.94.